The van der Waals surface area contributed by atoms with Crippen molar-refractivity contribution in [2.24, 2.45) is 4.99 Å². The first kappa shape index (κ1) is 18.2. The molecule has 5 rings (SSSR count). The molecule has 4 aromatic rings. The molecule has 0 saturated heterocycles. The highest BCUT2D eigenvalue weighted by atomic mass is 16.5. The average molecular weight is 392 g/mol. The molecule has 0 amide bonds. The summed E-state index contributed by atoms with van der Waals surface area (Å²) < 4.78 is 6.35. The van der Waals surface area contributed by atoms with Crippen LogP contribution in [0.3, 0.4) is 0 Å². The second kappa shape index (κ2) is 7.54. The summed E-state index contributed by atoms with van der Waals surface area (Å²) >= 11 is 0. The summed E-state index contributed by atoms with van der Waals surface area (Å²) in [6.07, 6.45) is 3.54. The van der Waals surface area contributed by atoms with E-state index in [0.29, 0.717) is 5.71 Å². The number of benzene rings is 2. The Balaban J connectivity index is 1.89. The van der Waals surface area contributed by atoms with E-state index in [1.807, 2.05) is 72.8 Å². The Morgan fingerprint density at radius 2 is 1.43 bits per heavy atom. The second-order valence-electron chi connectivity index (χ2n) is 6.90. The number of anilines is 2. The van der Waals surface area contributed by atoms with Crippen LogP contribution in [0.25, 0.3) is 0 Å². The molecule has 2 aromatic carbocycles. The summed E-state index contributed by atoms with van der Waals surface area (Å²) in [5.41, 5.74) is 3.83. The van der Waals surface area contributed by atoms with Gasteiger partial charge in [0.05, 0.1) is 22.8 Å². The third-order valence-electron chi connectivity index (χ3n) is 5.22. The van der Waals surface area contributed by atoms with Gasteiger partial charge in [-0.05, 0) is 48.5 Å². The Morgan fingerprint density at radius 3 is 2.13 bits per heavy atom. The molecule has 0 aliphatic carbocycles. The zero-order valence-corrected chi connectivity index (χ0v) is 16.5. The molecule has 5 nitrogen and oxygen atoms in total. The number of hydrogen-bond donors (Lipinski definition) is 0. The van der Waals surface area contributed by atoms with Crippen LogP contribution < -0.4 is 4.90 Å². The molecule has 2 aromatic heterocycles. The van der Waals surface area contributed by atoms with Gasteiger partial charge >= 0.3 is 0 Å². The van der Waals surface area contributed by atoms with Gasteiger partial charge in [-0.25, -0.2) is 4.99 Å². The molecular formula is C25H20N4O. The van der Waals surface area contributed by atoms with Crippen molar-refractivity contribution in [1.82, 2.24) is 9.97 Å². The number of ether oxygens (including phenoxy) is 1. The normalized spacial score (nSPS) is 17.9. The molecule has 3 heterocycles. The number of rotatable bonds is 4. The van der Waals surface area contributed by atoms with Crippen molar-refractivity contribution in [2.45, 2.75) is 5.72 Å². The van der Waals surface area contributed by atoms with Gasteiger partial charge in [-0.3, -0.25) is 9.97 Å². The highest BCUT2D eigenvalue weighted by molar-refractivity contribution is 6.12. The fourth-order valence-corrected chi connectivity index (χ4v) is 3.94. The minimum absolute atomic E-state index is 0.687. The van der Waals surface area contributed by atoms with Crippen molar-refractivity contribution >= 4 is 22.8 Å². The van der Waals surface area contributed by atoms with Gasteiger partial charge in [0.1, 0.15) is 5.71 Å². The second-order valence-corrected chi connectivity index (χ2v) is 6.90. The lowest BCUT2D eigenvalue weighted by Crippen LogP contribution is -2.54. The van der Waals surface area contributed by atoms with Gasteiger partial charge in [-0.15, -0.1) is 0 Å². The van der Waals surface area contributed by atoms with E-state index in [9.17, 15) is 0 Å². The van der Waals surface area contributed by atoms with Crippen molar-refractivity contribution in [3.05, 3.63) is 115 Å². The lowest BCUT2D eigenvalue weighted by molar-refractivity contribution is 0.0489. The van der Waals surface area contributed by atoms with Crippen LogP contribution in [0.4, 0.5) is 17.1 Å². The number of pyridine rings is 2. The molecule has 0 fully saturated rings. The monoisotopic (exact) mass is 392 g/mol. The molecule has 1 aliphatic heterocycles. The van der Waals surface area contributed by atoms with E-state index >= 15 is 0 Å². The molecule has 0 radical (unpaired) electrons. The van der Waals surface area contributed by atoms with Gasteiger partial charge in [-0.1, -0.05) is 42.5 Å². The van der Waals surface area contributed by atoms with Gasteiger partial charge in [0.25, 0.3) is 0 Å². The van der Waals surface area contributed by atoms with Crippen molar-refractivity contribution in [3.8, 4) is 0 Å². The fourth-order valence-electron chi connectivity index (χ4n) is 3.94. The topological polar surface area (TPSA) is 50.6 Å². The first-order chi connectivity index (χ1) is 14.8. The fraction of sp³-hybridized carbons (Fsp3) is 0.0800. The van der Waals surface area contributed by atoms with Crippen LogP contribution in [0.2, 0.25) is 0 Å². The minimum atomic E-state index is -1.09. The smallest absolute Gasteiger partial charge is 0.235 e. The zero-order valence-electron chi connectivity index (χ0n) is 16.5. The lowest BCUT2D eigenvalue weighted by Gasteiger charge is -2.46. The van der Waals surface area contributed by atoms with Crippen LogP contribution in [-0.2, 0) is 10.5 Å². The summed E-state index contributed by atoms with van der Waals surface area (Å²) in [6, 6.07) is 29.8. The average Bonchev–Trinajstić information content (AvgIpc) is 2.84. The van der Waals surface area contributed by atoms with Gasteiger partial charge < -0.3 is 9.64 Å². The van der Waals surface area contributed by atoms with Gasteiger partial charge in [0.15, 0.2) is 0 Å². The standard InChI is InChI=1S/C25H20N4O/c1-30-25(23-16-8-10-18-27-23)24(21-14-7-9-17-26-21)28-20-13-5-6-15-22(20)29(25)19-11-3-2-4-12-19/h2-18H,1H3/t25-/m1/s1. The molecule has 30 heavy (non-hydrogen) atoms. The molecule has 5 heteroatoms. The largest absolute Gasteiger partial charge is 0.348 e. The molecule has 0 spiro atoms. The number of aromatic nitrogens is 2. The maximum atomic E-state index is 6.35. The Morgan fingerprint density at radius 1 is 0.733 bits per heavy atom. The number of hydrogen-bond acceptors (Lipinski definition) is 5. The Hall–Kier alpha value is -3.83. The van der Waals surface area contributed by atoms with E-state index in [2.05, 4.69) is 28.1 Å². The third kappa shape index (κ3) is 2.79. The predicted molar refractivity (Wildman–Crippen MR) is 118 cm³/mol. The third-order valence-corrected chi connectivity index (χ3v) is 5.22. The molecular weight excluding hydrogens is 372 g/mol. The molecule has 146 valence electrons. The van der Waals surface area contributed by atoms with E-state index in [0.717, 1.165) is 28.5 Å². The van der Waals surface area contributed by atoms with Crippen LogP contribution in [0.5, 0.6) is 0 Å². The molecule has 1 aliphatic rings. The number of methoxy groups -OCH3 is 1. The van der Waals surface area contributed by atoms with Crippen LogP contribution in [0.15, 0.2) is 108 Å². The number of nitrogens with zero attached hydrogens (tertiary/aromatic N) is 4. The van der Waals surface area contributed by atoms with Crippen molar-refractivity contribution in [2.75, 3.05) is 12.0 Å². The van der Waals surface area contributed by atoms with E-state index in [-0.39, 0.29) is 0 Å². The van der Waals surface area contributed by atoms with Crippen molar-refractivity contribution in [1.29, 1.82) is 0 Å². The zero-order chi connectivity index (χ0) is 20.4. The molecule has 0 unspecified atom stereocenters. The van der Waals surface area contributed by atoms with Gasteiger partial charge in [-0.2, -0.15) is 0 Å². The Kier molecular flexibility index (Phi) is 4.58. The summed E-state index contributed by atoms with van der Waals surface area (Å²) in [7, 11) is 1.69. The van der Waals surface area contributed by atoms with Crippen molar-refractivity contribution in [3.63, 3.8) is 0 Å². The first-order valence-electron chi connectivity index (χ1n) is 9.76. The first-order valence-corrected chi connectivity index (χ1v) is 9.76. The van der Waals surface area contributed by atoms with Gasteiger partial charge in [0, 0.05) is 25.2 Å². The highest BCUT2D eigenvalue weighted by Crippen LogP contribution is 2.49. The summed E-state index contributed by atoms with van der Waals surface area (Å²) in [5, 5.41) is 0. The summed E-state index contributed by atoms with van der Waals surface area (Å²) in [6.45, 7) is 0. The highest BCUT2D eigenvalue weighted by Gasteiger charge is 2.50. The molecule has 0 N–H and O–H groups in total. The summed E-state index contributed by atoms with van der Waals surface area (Å²) in [5.74, 6) is 0. The number of aliphatic imine (C=N–C) groups is 1. The molecule has 0 saturated carbocycles. The van der Waals surface area contributed by atoms with Crippen LogP contribution in [0, 0.1) is 0 Å². The summed E-state index contributed by atoms with van der Waals surface area (Å²) in [4.78, 5) is 16.5. The lowest BCUT2D eigenvalue weighted by atomic mass is 9.92. The Bertz CT molecular complexity index is 1180. The predicted octanol–water partition coefficient (Wildman–Crippen LogP) is 5.25. The van der Waals surface area contributed by atoms with E-state index in [4.69, 9.17) is 14.7 Å². The van der Waals surface area contributed by atoms with E-state index < -0.39 is 5.72 Å². The van der Waals surface area contributed by atoms with Crippen molar-refractivity contribution < 1.29 is 4.74 Å². The van der Waals surface area contributed by atoms with Crippen LogP contribution >= 0.6 is 0 Å². The Labute approximate surface area is 175 Å². The van der Waals surface area contributed by atoms with E-state index in [1.165, 1.54) is 0 Å². The van der Waals surface area contributed by atoms with Crippen LogP contribution in [-0.4, -0.2) is 22.8 Å². The minimum Gasteiger partial charge on any atom is -0.348 e. The maximum absolute atomic E-state index is 6.35. The van der Waals surface area contributed by atoms with Crippen LogP contribution in [0.1, 0.15) is 11.4 Å². The quantitative estimate of drug-likeness (QED) is 0.476. The maximum Gasteiger partial charge on any atom is 0.235 e. The molecule has 0 bridgehead atoms. The number of fused-ring (bicyclic) bond motifs is 1. The van der Waals surface area contributed by atoms with E-state index in [1.54, 1.807) is 19.5 Å². The molecule has 1 atom stereocenters. The SMILES string of the molecule is CO[C@]1(c2ccccn2)C(c2ccccn2)=Nc2ccccc2N1c1ccccc1. The van der Waals surface area contributed by atoms with Gasteiger partial charge in [0.2, 0.25) is 5.72 Å². The number of para-hydroxylation sites is 3.